The van der Waals surface area contributed by atoms with Gasteiger partial charge in [0, 0.05) is 45.1 Å². The number of carbonyl (C=O) groups excluding carboxylic acids is 1. The summed E-state index contributed by atoms with van der Waals surface area (Å²) in [4.78, 5) is 19.2. The maximum atomic E-state index is 13.2. The molecule has 1 aromatic rings. The van der Waals surface area contributed by atoms with Crippen LogP contribution in [0.15, 0.2) is 24.5 Å². The summed E-state index contributed by atoms with van der Waals surface area (Å²) in [6, 6.07) is 3.82. The molecule has 2 aliphatic rings. The van der Waals surface area contributed by atoms with Crippen LogP contribution < -0.4 is 5.32 Å². The molecule has 2 unspecified atom stereocenters. The Morgan fingerprint density at radius 3 is 2.96 bits per heavy atom. The summed E-state index contributed by atoms with van der Waals surface area (Å²) in [6.45, 7) is 4.56. The van der Waals surface area contributed by atoms with E-state index in [-0.39, 0.29) is 23.6 Å². The van der Waals surface area contributed by atoms with Crippen LogP contribution in [0.3, 0.4) is 0 Å². The zero-order valence-electron chi connectivity index (χ0n) is 14.6. The summed E-state index contributed by atoms with van der Waals surface area (Å²) in [6.07, 6.45) is 5.00. The molecule has 0 bridgehead atoms. The first-order valence-corrected chi connectivity index (χ1v) is 10.5. The molecule has 25 heavy (non-hydrogen) atoms. The number of hydrogen-bond donors (Lipinski definition) is 1. The number of nitrogens with one attached hydrogen (secondary N) is 1. The standard InChI is InChI=1S/C17H26N4O3S/c1-2-25(23,24)20-9-4-6-15(13-20)17(22)21-10-8-19-12-16(21)14-5-3-7-18-11-14/h3,5,7,11,15-16,19H,2,4,6,8-10,12-13H2,1H3. The Kier molecular flexibility index (Phi) is 5.71. The topological polar surface area (TPSA) is 82.6 Å². The summed E-state index contributed by atoms with van der Waals surface area (Å²) in [5.41, 5.74) is 1.01. The lowest BCUT2D eigenvalue weighted by molar-refractivity contribution is -0.140. The van der Waals surface area contributed by atoms with E-state index in [1.165, 1.54) is 4.31 Å². The Hall–Kier alpha value is -1.51. The summed E-state index contributed by atoms with van der Waals surface area (Å²) in [5.74, 6) is -0.112. The Morgan fingerprint density at radius 2 is 2.24 bits per heavy atom. The number of rotatable bonds is 4. The zero-order chi connectivity index (χ0) is 17.9. The Balaban J connectivity index is 1.76. The maximum absolute atomic E-state index is 13.2. The van der Waals surface area contributed by atoms with Crippen molar-refractivity contribution in [3.8, 4) is 0 Å². The van der Waals surface area contributed by atoms with Gasteiger partial charge in [0.25, 0.3) is 0 Å². The highest BCUT2D eigenvalue weighted by molar-refractivity contribution is 7.89. The average Bonchev–Trinajstić information content (AvgIpc) is 2.68. The Bertz CT molecular complexity index is 695. The second kappa shape index (κ2) is 7.80. The largest absolute Gasteiger partial charge is 0.333 e. The smallest absolute Gasteiger partial charge is 0.227 e. The van der Waals surface area contributed by atoms with Gasteiger partial charge in [-0.3, -0.25) is 9.78 Å². The first-order chi connectivity index (χ1) is 12.0. The molecule has 2 fully saturated rings. The highest BCUT2D eigenvalue weighted by Crippen LogP contribution is 2.27. The molecule has 138 valence electrons. The van der Waals surface area contributed by atoms with Gasteiger partial charge in [-0.05, 0) is 31.4 Å². The lowest BCUT2D eigenvalue weighted by Crippen LogP contribution is -2.53. The van der Waals surface area contributed by atoms with Crippen molar-refractivity contribution in [2.45, 2.75) is 25.8 Å². The fraction of sp³-hybridized carbons (Fsp3) is 0.647. The van der Waals surface area contributed by atoms with Crippen LogP contribution in [0.1, 0.15) is 31.4 Å². The average molecular weight is 366 g/mol. The van der Waals surface area contributed by atoms with Crippen LogP contribution in [0.4, 0.5) is 0 Å². The van der Waals surface area contributed by atoms with Crippen LogP contribution in [-0.4, -0.2) is 67.0 Å². The normalized spacial score (nSPS) is 25.7. The molecule has 0 saturated carbocycles. The van der Waals surface area contributed by atoms with Crippen molar-refractivity contribution < 1.29 is 13.2 Å². The molecular weight excluding hydrogens is 340 g/mol. The van der Waals surface area contributed by atoms with Crippen LogP contribution in [0.5, 0.6) is 0 Å². The lowest BCUT2D eigenvalue weighted by Gasteiger charge is -2.40. The van der Waals surface area contributed by atoms with E-state index in [0.717, 1.165) is 24.9 Å². The molecule has 1 aromatic heterocycles. The molecule has 0 spiro atoms. The van der Waals surface area contributed by atoms with Gasteiger partial charge in [0.15, 0.2) is 0 Å². The Labute approximate surface area is 149 Å². The molecule has 1 N–H and O–H groups in total. The van der Waals surface area contributed by atoms with Crippen LogP contribution in [0, 0.1) is 5.92 Å². The van der Waals surface area contributed by atoms with Gasteiger partial charge in [-0.25, -0.2) is 12.7 Å². The highest BCUT2D eigenvalue weighted by Gasteiger charge is 2.36. The predicted octanol–water partition coefficient (Wildman–Crippen LogP) is 0.616. The number of piperidine rings is 1. The lowest BCUT2D eigenvalue weighted by atomic mass is 9.95. The van der Waals surface area contributed by atoms with Crippen molar-refractivity contribution in [1.82, 2.24) is 19.5 Å². The van der Waals surface area contributed by atoms with Gasteiger partial charge in [-0.1, -0.05) is 6.07 Å². The quantitative estimate of drug-likeness (QED) is 0.845. The van der Waals surface area contributed by atoms with Crippen LogP contribution in [0.2, 0.25) is 0 Å². The van der Waals surface area contributed by atoms with E-state index >= 15 is 0 Å². The minimum atomic E-state index is -3.24. The van der Waals surface area contributed by atoms with E-state index in [2.05, 4.69) is 10.3 Å². The Morgan fingerprint density at radius 1 is 1.40 bits per heavy atom. The van der Waals surface area contributed by atoms with Gasteiger partial charge in [0.1, 0.15) is 0 Å². The molecule has 3 rings (SSSR count). The first kappa shape index (κ1) is 18.3. The van der Waals surface area contributed by atoms with E-state index in [4.69, 9.17) is 0 Å². The third-order valence-electron chi connectivity index (χ3n) is 5.09. The van der Waals surface area contributed by atoms with Gasteiger partial charge >= 0.3 is 0 Å². The third-order valence-corrected chi connectivity index (χ3v) is 6.94. The molecule has 3 heterocycles. The summed E-state index contributed by atoms with van der Waals surface area (Å²) < 4.78 is 25.8. The van der Waals surface area contributed by atoms with Crippen LogP contribution in [0.25, 0.3) is 0 Å². The van der Waals surface area contributed by atoms with Crippen LogP contribution >= 0.6 is 0 Å². The third kappa shape index (κ3) is 4.02. The van der Waals surface area contributed by atoms with Crippen LogP contribution in [-0.2, 0) is 14.8 Å². The highest BCUT2D eigenvalue weighted by atomic mass is 32.2. The molecule has 2 saturated heterocycles. The van der Waals surface area contributed by atoms with Gasteiger partial charge in [-0.2, -0.15) is 0 Å². The summed E-state index contributed by atoms with van der Waals surface area (Å²) in [7, 11) is -3.24. The van der Waals surface area contributed by atoms with Crippen molar-refractivity contribution >= 4 is 15.9 Å². The number of piperazine rings is 1. The van der Waals surface area contributed by atoms with E-state index in [1.807, 2.05) is 17.0 Å². The fourth-order valence-corrected chi connectivity index (χ4v) is 4.83. The molecule has 2 aliphatic heterocycles. The van der Waals surface area contributed by atoms with E-state index < -0.39 is 10.0 Å². The van der Waals surface area contributed by atoms with Gasteiger partial charge in [0.2, 0.25) is 15.9 Å². The molecule has 1 amide bonds. The second-order valence-electron chi connectivity index (χ2n) is 6.64. The molecule has 0 radical (unpaired) electrons. The summed E-state index contributed by atoms with van der Waals surface area (Å²) in [5, 5.41) is 3.34. The molecule has 0 aromatic carbocycles. The van der Waals surface area contributed by atoms with E-state index in [1.54, 1.807) is 19.3 Å². The minimum absolute atomic E-state index is 0.0480. The van der Waals surface area contributed by atoms with E-state index in [9.17, 15) is 13.2 Å². The molecule has 0 aliphatic carbocycles. The first-order valence-electron chi connectivity index (χ1n) is 8.92. The van der Waals surface area contributed by atoms with Crippen molar-refractivity contribution in [1.29, 1.82) is 0 Å². The molecular formula is C17H26N4O3S. The molecule has 2 atom stereocenters. The predicted molar refractivity (Wildman–Crippen MR) is 95.3 cm³/mol. The maximum Gasteiger partial charge on any atom is 0.227 e. The number of pyridine rings is 1. The number of sulfonamides is 1. The van der Waals surface area contributed by atoms with E-state index in [0.29, 0.717) is 26.2 Å². The molecule has 7 nitrogen and oxygen atoms in total. The second-order valence-corrected chi connectivity index (χ2v) is 8.89. The van der Waals surface area contributed by atoms with Gasteiger partial charge in [0.05, 0.1) is 17.7 Å². The zero-order valence-corrected chi connectivity index (χ0v) is 15.4. The minimum Gasteiger partial charge on any atom is -0.333 e. The van der Waals surface area contributed by atoms with Crippen molar-refractivity contribution in [2.75, 3.05) is 38.5 Å². The van der Waals surface area contributed by atoms with Crippen molar-refractivity contribution in [3.63, 3.8) is 0 Å². The monoisotopic (exact) mass is 366 g/mol. The van der Waals surface area contributed by atoms with Crippen molar-refractivity contribution in [2.24, 2.45) is 5.92 Å². The van der Waals surface area contributed by atoms with Crippen molar-refractivity contribution in [3.05, 3.63) is 30.1 Å². The fourth-order valence-electron chi connectivity index (χ4n) is 3.65. The molecule has 8 heteroatoms. The number of hydrogen-bond acceptors (Lipinski definition) is 5. The number of amides is 1. The van der Waals surface area contributed by atoms with Gasteiger partial charge in [-0.15, -0.1) is 0 Å². The summed E-state index contributed by atoms with van der Waals surface area (Å²) >= 11 is 0. The number of aromatic nitrogens is 1. The number of carbonyl (C=O) groups is 1. The van der Waals surface area contributed by atoms with Gasteiger partial charge < -0.3 is 10.2 Å². The number of nitrogens with zero attached hydrogens (tertiary/aromatic N) is 3. The SMILES string of the molecule is CCS(=O)(=O)N1CCCC(C(=O)N2CCNCC2c2cccnc2)C1.